The zero-order valence-electron chi connectivity index (χ0n) is 36.7. The quantitative estimate of drug-likeness (QED) is 0.0542. The molecule has 0 aromatic heterocycles. The van der Waals surface area contributed by atoms with Gasteiger partial charge in [0.1, 0.15) is 11.3 Å². The van der Waals surface area contributed by atoms with Crippen LogP contribution in [0.25, 0.3) is 0 Å². The number of anilines is 1. The zero-order valence-corrected chi connectivity index (χ0v) is 36.7. The van der Waals surface area contributed by atoms with E-state index in [2.05, 4.69) is 10.6 Å². The number of benzene rings is 1. The smallest absolute Gasteiger partial charge is 0.407 e. The third-order valence-electron chi connectivity index (χ3n) is 7.33. The summed E-state index contributed by atoms with van der Waals surface area (Å²) in [6, 6.07) is 3.42. The molecule has 0 heterocycles. The van der Waals surface area contributed by atoms with Crippen LogP contribution in [0.1, 0.15) is 20.8 Å². The summed E-state index contributed by atoms with van der Waals surface area (Å²) in [6.45, 7) is 17.3. The van der Waals surface area contributed by atoms with Gasteiger partial charge in [0.2, 0.25) is 0 Å². The third-order valence-corrected chi connectivity index (χ3v) is 7.33. The van der Waals surface area contributed by atoms with Gasteiger partial charge in [0, 0.05) is 19.2 Å². The Labute approximate surface area is 364 Å². The highest BCUT2D eigenvalue weighted by atomic mass is 16.6. The Bertz CT molecular complexity index is 1250. The fraction of sp³-hybridized carbons (Fsp3) is 0.821. The van der Waals surface area contributed by atoms with Gasteiger partial charge in [-0.15, -0.1) is 0 Å². The summed E-state index contributed by atoms with van der Waals surface area (Å²) < 4.78 is 76.1. The third kappa shape index (κ3) is 37.2. The Morgan fingerprint density at radius 3 is 1.03 bits per heavy atom. The van der Waals surface area contributed by atoms with E-state index in [1.807, 2.05) is 20.8 Å². The molecule has 1 rings (SSSR count). The fourth-order valence-electron chi connectivity index (χ4n) is 4.47. The van der Waals surface area contributed by atoms with Crippen molar-refractivity contribution in [3.63, 3.8) is 0 Å². The molecule has 62 heavy (non-hydrogen) atoms. The average molecular weight is 899 g/mol. The number of hydrogen-bond acceptors (Lipinski definition) is 20. The Kier molecular flexibility index (Phi) is 36.8. The van der Waals surface area contributed by atoms with Crippen LogP contribution in [0.3, 0.4) is 0 Å². The van der Waals surface area contributed by atoms with Crippen molar-refractivity contribution in [3.8, 4) is 0 Å². The van der Waals surface area contributed by atoms with Crippen molar-refractivity contribution >= 4 is 23.2 Å². The van der Waals surface area contributed by atoms with Crippen LogP contribution in [0.4, 0.5) is 21.9 Å². The summed E-state index contributed by atoms with van der Waals surface area (Å²) in [5.74, 6) is 0. The number of carbonyl (C=O) groups excluding carboxylic acids is 1. The molecule has 23 nitrogen and oxygen atoms in total. The molecule has 2 N–H and O–H groups in total. The van der Waals surface area contributed by atoms with E-state index in [-0.39, 0.29) is 30.2 Å². The van der Waals surface area contributed by atoms with Gasteiger partial charge < -0.3 is 76.9 Å². The second-order valence-electron chi connectivity index (χ2n) is 13.5. The van der Waals surface area contributed by atoms with E-state index in [9.17, 15) is 25.0 Å². The summed E-state index contributed by atoms with van der Waals surface area (Å²) >= 11 is 0. The zero-order chi connectivity index (χ0) is 45.2. The van der Waals surface area contributed by atoms with E-state index in [0.29, 0.717) is 172 Å². The molecule has 0 bridgehead atoms. The molecular weight excluding hydrogens is 828 g/mol. The number of nitrogens with one attached hydrogen (secondary N) is 2. The summed E-state index contributed by atoms with van der Waals surface area (Å²) in [5, 5.41) is 27.5. The van der Waals surface area contributed by atoms with Gasteiger partial charge in [-0.1, -0.05) is 0 Å². The van der Waals surface area contributed by atoms with Crippen LogP contribution in [0.15, 0.2) is 18.2 Å². The van der Waals surface area contributed by atoms with Gasteiger partial charge in [-0.2, -0.15) is 0 Å². The lowest BCUT2D eigenvalue weighted by atomic mass is 10.2. The molecule has 0 unspecified atom stereocenters. The number of nitro groups is 2. The summed E-state index contributed by atoms with van der Waals surface area (Å²) in [6.07, 6.45) is -0.463. The molecule has 1 amide bonds. The lowest BCUT2D eigenvalue weighted by Gasteiger charge is -2.19. The Balaban J connectivity index is 1.68. The molecule has 0 saturated carbocycles. The molecule has 0 aliphatic carbocycles. The molecular formula is C39H70N4O19. The van der Waals surface area contributed by atoms with E-state index in [1.54, 1.807) is 0 Å². The highest BCUT2D eigenvalue weighted by Crippen LogP contribution is 2.28. The van der Waals surface area contributed by atoms with Gasteiger partial charge in [-0.05, 0) is 26.8 Å². The monoisotopic (exact) mass is 898 g/mol. The first-order chi connectivity index (χ1) is 30.1. The van der Waals surface area contributed by atoms with E-state index in [4.69, 9.17) is 66.3 Å². The molecule has 0 aliphatic rings. The van der Waals surface area contributed by atoms with Gasteiger partial charge in [-0.3, -0.25) is 20.2 Å². The molecule has 23 heteroatoms. The Morgan fingerprint density at radius 2 is 0.758 bits per heavy atom. The molecule has 0 radical (unpaired) electrons. The van der Waals surface area contributed by atoms with Crippen LogP contribution in [0.2, 0.25) is 0 Å². The van der Waals surface area contributed by atoms with Gasteiger partial charge in [0.15, 0.2) is 0 Å². The van der Waals surface area contributed by atoms with Crippen molar-refractivity contribution in [1.29, 1.82) is 0 Å². The van der Waals surface area contributed by atoms with E-state index < -0.39 is 21.5 Å². The molecule has 0 saturated heterocycles. The van der Waals surface area contributed by atoms with Gasteiger partial charge >= 0.3 is 6.09 Å². The minimum absolute atomic E-state index is 0.180. The minimum atomic E-state index is -0.684. The molecule has 1 aromatic rings. The normalized spacial score (nSPS) is 11.5. The second kappa shape index (κ2) is 40.4. The molecule has 0 aliphatic heterocycles. The van der Waals surface area contributed by atoms with Crippen LogP contribution >= 0.6 is 0 Å². The Hall–Kier alpha value is -3.43. The van der Waals surface area contributed by atoms with Crippen molar-refractivity contribution in [2.24, 2.45) is 0 Å². The van der Waals surface area contributed by atoms with E-state index >= 15 is 0 Å². The van der Waals surface area contributed by atoms with E-state index in [1.165, 1.54) is 12.1 Å². The van der Waals surface area contributed by atoms with Crippen molar-refractivity contribution in [1.82, 2.24) is 5.32 Å². The maximum atomic E-state index is 11.5. The fourth-order valence-corrected chi connectivity index (χ4v) is 4.47. The number of nitrogens with zero attached hydrogens (tertiary/aromatic N) is 2. The first kappa shape index (κ1) is 56.6. The molecule has 0 fully saturated rings. The number of ether oxygens (including phenoxy) is 14. The minimum Gasteiger partial charge on any atom is -0.444 e. The van der Waals surface area contributed by atoms with Crippen LogP contribution in [0, 0.1) is 20.2 Å². The Morgan fingerprint density at radius 1 is 0.468 bits per heavy atom. The van der Waals surface area contributed by atoms with Crippen molar-refractivity contribution in [2.45, 2.75) is 26.4 Å². The number of nitro benzene ring substituents is 2. The summed E-state index contributed by atoms with van der Waals surface area (Å²) in [4.78, 5) is 32.1. The number of alkyl carbamates (subject to hydrolysis) is 1. The summed E-state index contributed by atoms with van der Waals surface area (Å²) in [5.41, 5.74) is -1.06. The number of hydrogen-bond donors (Lipinski definition) is 2. The van der Waals surface area contributed by atoms with Gasteiger partial charge in [0.25, 0.3) is 11.4 Å². The van der Waals surface area contributed by atoms with Crippen LogP contribution < -0.4 is 10.6 Å². The molecule has 0 spiro atoms. The first-order valence-corrected chi connectivity index (χ1v) is 20.7. The van der Waals surface area contributed by atoms with Gasteiger partial charge in [0.05, 0.1) is 188 Å². The number of rotatable bonds is 45. The first-order valence-electron chi connectivity index (χ1n) is 20.7. The number of non-ortho nitro benzene ring substituents is 1. The topological polar surface area (TPSA) is 257 Å². The van der Waals surface area contributed by atoms with Crippen LogP contribution in [-0.4, -0.2) is 206 Å². The van der Waals surface area contributed by atoms with Crippen molar-refractivity contribution < 1.29 is 81.0 Å². The number of carbonyl (C=O) groups is 1. The highest BCUT2D eigenvalue weighted by molar-refractivity contribution is 5.67. The van der Waals surface area contributed by atoms with Crippen LogP contribution in [-0.2, 0) is 66.3 Å². The standard InChI is InChI=1S/C39H70N4O19/c1-39(2,3)62-38(44)41-7-9-50-11-13-52-15-17-54-19-21-56-23-25-58-27-29-60-31-33-61-32-30-59-28-26-57-24-22-55-20-18-53-16-14-51-12-10-49-8-6-40-36-5-4-35(42(45)46)34-37(36)43(47)48/h4-5,34,40H,6-33H2,1-3H3,(H,41,44). The SMILES string of the molecule is CC(C)(C)OC(=O)NCCOCCOCCOCCOCCOCCOCCOCCOCCOCCOCCOCCOCCOCCNc1ccc([N+](=O)[O-])cc1[N+](=O)[O-]. The molecule has 360 valence electrons. The van der Waals surface area contributed by atoms with Crippen LogP contribution in [0.5, 0.6) is 0 Å². The maximum absolute atomic E-state index is 11.5. The lowest BCUT2D eigenvalue weighted by Crippen LogP contribution is -2.34. The average Bonchev–Trinajstić information content (AvgIpc) is 3.23. The predicted octanol–water partition coefficient (Wildman–Crippen LogP) is 2.66. The summed E-state index contributed by atoms with van der Waals surface area (Å²) in [7, 11) is 0. The van der Waals surface area contributed by atoms with E-state index in [0.717, 1.165) is 6.07 Å². The predicted molar refractivity (Wildman–Crippen MR) is 223 cm³/mol. The second-order valence-corrected chi connectivity index (χ2v) is 13.5. The molecule has 1 aromatic carbocycles. The lowest BCUT2D eigenvalue weighted by molar-refractivity contribution is -0.393. The number of amides is 1. The highest BCUT2D eigenvalue weighted by Gasteiger charge is 2.19. The van der Waals surface area contributed by atoms with Crippen molar-refractivity contribution in [2.75, 3.05) is 190 Å². The molecule has 0 atom stereocenters. The van der Waals surface area contributed by atoms with Crippen molar-refractivity contribution in [3.05, 3.63) is 38.4 Å². The largest absolute Gasteiger partial charge is 0.444 e. The maximum Gasteiger partial charge on any atom is 0.407 e. The van der Waals surface area contributed by atoms with Gasteiger partial charge in [-0.25, -0.2) is 4.79 Å².